The van der Waals surface area contributed by atoms with Crippen molar-refractivity contribution in [3.63, 3.8) is 0 Å². The summed E-state index contributed by atoms with van der Waals surface area (Å²) in [6, 6.07) is 13.4. The summed E-state index contributed by atoms with van der Waals surface area (Å²) >= 11 is 0. The average molecular weight is 375 g/mol. The van der Waals surface area contributed by atoms with Crippen LogP contribution in [-0.4, -0.2) is 27.4 Å². The molecule has 0 saturated heterocycles. The number of aryl methyl sites for hydroxylation is 1. The van der Waals surface area contributed by atoms with Crippen molar-refractivity contribution < 1.29 is 13.2 Å². The maximum atomic E-state index is 12.8. The predicted octanol–water partition coefficient (Wildman–Crippen LogP) is 3.59. The Kier molecular flexibility index (Phi) is 6.08. The molecule has 1 amide bonds. The molecule has 2 aromatic rings. The largest absolute Gasteiger partial charge is 0.349 e. The van der Waals surface area contributed by atoms with Crippen LogP contribution in [0.15, 0.2) is 53.4 Å². The molecule has 2 rings (SSSR count). The molecule has 0 saturated carbocycles. The van der Waals surface area contributed by atoms with Crippen LogP contribution in [0.4, 0.5) is 5.69 Å². The van der Waals surface area contributed by atoms with Crippen LogP contribution in [0.2, 0.25) is 0 Å². The van der Waals surface area contributed by atoms with Crippen LogP contribution in [0.25, 0.3) is 0 Å². The van der Waals surface area contributed by atoms with Gasteiger partial charge in [-0.15, -0.1) is 0 Å². The molecular formula is C20H26N2O3S. The molecule has 0 unspecified atom stereocenters. The van der Waals surface area contributed by atoms with Gasteiger partial charge >= 0.3 is 0 Å². The van der Waals surface area contributed by atoms with E-state index in [1.807, 2.05) is 27.7 Å². The summed E-state index contributed by atoms with van der Waals surface area (Å²) < 4.78 is 26.8. The third-order valence-electron chi connectivity index (χ3n) is 4.51. The number of benzene rings is 2. The molecule has 0 aliphatic carbocycles. The van der Waals surface area contributed by atoms with E-state index in [9.17, 15) is 13.2 Å². The molecule has 26 heavy (non-hydrogen) atoms. The Bertz CT molecular complexity index is 874. The molecule has 0 aromatic heterocycles. The van der Waals surface area contributed by atoms with Crippen molar-refractivity contribution in [1.29, 1.82) is 0 Å². The molecule has 0 bridgehead atoms. The first-order chi connectivity index (χ1) is 12.1. The third kappa shape index (κ3) is 4.43. The smallest absolute Gasteiger partial charge is 0.264 e. The molecule has 0 spiro atoms. The number of hydrogen-bond donors (Lipinski definition) is 1. The summed E-state index contributed by atoms with van der Waals surface area (Å²) in [7, 11) is -2.20. The number of nitrogens with zero attached hydrogens (tertiary/aromatic N) is 1. The van der Waals surface area contributed by atoms with Crippen molar-refractivity contribution in [1.82, 2.24) is 5.32 Å². The Morgan fingerprint density at radius 3 is 2.23 bits per heavy atom. The van der Waals surface area contributed by atoms with Crippen LogP contribution in [0.1, 0.15) is 36.7 Å². The minimum Gasteiger partial charge on any atom is -0.349 e. The Hall–Kier alpha value is -2.34. The van der Waals surface area contributed by atoms with Gasteiger partial charge in [0.05, 0.1) is 10.6 Å². The number of amides is 1. The standard InChI is InChI=1S/C20H26N2O3S/c1-14(2)16(4)21-20(23)17-7-6-8-18(13-17)22(5)26(24,25)19-11-9-15(3)10-12-19/h6-14,16H,1-5H3,(H,21,23)/t16-/m0/s1. The number of nitrogens with one attached hydrogen (secondary N) is 1. The lowest BCUT2D eigenvalue weighted by atomic mass is 10.1. The highest BCUT2D eigenvalue weighted by Crippen LogP contribution is 2.23. The topological polar surface area (TPSA) is 66.5 Å². The highest BCUT2D eigenvalue weighted by Gasteiger charge is 2.22. The van der Waals surface area contributed by atoms with Crippen molar-refractivity contribution in [3.8, 4) is 0 Å². The van der Waals surface area contributed by atoms with Gasteiger partial charge in [-0.1, -0.05) is 37.6 Å². The van der Waals surface area contributed by atoms with Crippen LogP contribution in [0.5, 0.6) is 0 Å². The van der Waals surface area contributed by atoms with Crippen molar-refractivity contribution in [2.75, 3.05) is 11.4 Å². The van der Waals surface area contributed by atoms with E-state index in [1.54, 1.807) is 48.5 Å². The molecule has 5 nitrogen and oxygen atoms in total. The van der Waals surface area contributed by atoms with E-state index in [2.05, 4.69) is 5.32 Å². The monoisotopic (exact) mass is 374 g/mol. The van der Waals surface area contributed by atoms with Gasteiger partial charge in [-0.3, -0.25) is 9.10 Å². The summed E-state index contributed by atoms with van der Waals surface area (Å²) in [6.45, 7) is 7.91. The second-order valence-electron chi connectivity index (χ2n) is 6.84. The van der Waals surface area contributed by atoms with E-state index >= 15 is 0 Å². The molecule has 0 aliphatic heterocycles. The summed E-state index contributed by atoms with van der Waals surface area (Å²) in [5, 5.41) is 2.93. The van der Waals surface area contributed by atoms with E-state index in [0.717, 1.165) is 5.56 Å². The van der Waals surface area contributed by atoms with Crippen LogP contribution in [0.3, 0.4) is 0 Å². The molecule has 0 radical (unpaired) electrons. The molecule has 6 heteroatoms. The van der Waals surface area contributed by atoms with E-state index in [-0.39, 0.29) is 16.8 Å². The Balaban J connectivity index is 2.28. The summed E-state index contributed by atoms with van der Waals surface area (Å²) in [5.74, 6) is 0.0981. The molecule has 2 aromatic carbocycles. The normalized spacial score (nSPS) is 12.7. The fourth-order valence-corrected chi connectivity index (χ4v) is 3.49. The Morgan fingerprint density at radius 2 is 1.65 bits per heavy atom. The molecule has 0 heterocycles. The number of carbonyl (C=O) groups excluding carboxylic acids is 1. The fraction of sp³-hybridized carbons (Fsp3) is 0.350. The molecule has 0 fully saturated rings. The number of sulfonamides is 1. The predicted molar refractivity (Wildman–Crippen MR) is 105 cm³/mol. The van der Waals surface area contributed by atoms with E-state index < -0.39 is 10.0 Å². The summed E-state index contributed by atoms with van der Waals surface area (Å²) in [6.07, 6.45) is 0. The lowest BCUT2D eigenvalue weighted by molar-refractivity contribution is 0.0930. The van der Waals surface area contributed by atoms with Crippen molar-refractivity contribution in [2.45, 2.75) is 38.6 Å². The van der Waals surface area contributed by atoms with Crippen LogP contribution < -0.4 is 9.62 Å². The Labute approximate surface area is 156 Å². The summed E-state index contributed by atoms with van der Waals surface area (Å²) in [4.78, 5) is 12.6. The SMILES string of the molecule is Cc1ccc(S(=O)(=O)N(C)c2cccc(C(=O)N[C@@H](C)C(C)C)c2)cc1. The van der Waals surface area contributed by atoms with Gasteiger partial charge in [0.15, 0.2) is 0 Å². The van der Waals surface area contributed by atoms with Crippen molar-refractivity contribution in [2.24, 2.45) is 5.92 Å². The van der Waals surface area contributed by atoms with E-state index in [0.29, 0.717) is 17.2 Å². The maximum Gasteiger partial charge on any atom is 0.264 e. The molecule has 0 aliphatic rings. The zero-order valence-corrected chi connectivity index (χ0v) is 16.7. The zero-order valence-electron chi connectivity index (χ0n) is 15.9. The zero-order chi connectivity index (χ0) is 19.5. The number of hydrogen-bond acceptors (Lipinski definition) is 3. The van der Waals surface area contributed by atoms with Crippen LogP contribution in [-0.2, 0) is 10.0 Å². The first-order valence-corrected chi connectivity index (χ1v) is 10.0. The molecular weight excluding hydrogens is 348 g/mol. The van der Waals surface area contributed by atoms with Gasteiger partial charge < -0.3 is 5.32 Å². The first-order valence-electron chi connectivity index (χ1n) is 8.59. The minimum absolute atomic E-state index is 0.0279. The molecule has 1 atom stereocenters. The van der Waals surface area contributed by atoms with E-state index in [1.165, 1.54) is 11.4 Å². The van der Waals surface area contributed by atoms with E-state index in [4.69, 9.17) is 0 Å². The highest BCUT2D eigenvalue weighted by molar-refractivity contribution is 7.92. The Morgan fingerprint density at radius 1 is 1.04 bits per heavy atom. The third-order valence-corrected chi connectivity index (χ3v) is 6.31. The second kappa shape index (κ2) is 7.91. The number of rotatable bonds is 6. The minimum atomic E-state index is -3.69. The first kappa shape index (κ1) is 20.0. The van der Waals surface area contributed by atoms with Crippen molar-refractivity contribution >= 4 is 21.6 Å². The van der Waals surface area contributed by atoms with Crippen LogP contribution in [0, 0.1) is 12.8 Å². The quantitative estimate of drug-likeness (QED) is 0.840. The molecule has 1 N–H and O–H groups in total. The molecule has 140 valence electrons. The van der Waals surface area contributed by atoms with Gasteiger partial charge in [-0.25, -0.2) is 8.42 Å². The van der Waals surface area contributed by atoms with Gasteiger partial charge in [-0.2, -0.15) is 0 Å². The van der Waals surface area contributed by atoms with Gasteiger partial charge in [-0.05, 0) is 50.1 Å². The lowest BCUT2D eigenvalue weighted by Crippen LogP contribution is -2.36. The highest BCUT2D eigenvalue weighted by atomic mass is 32.2. The number of carbonyl (C=O) groups is 1. The van der Waals surface area contributed by atoms with Gasteiger partial charge in [0.2, 0.25) is 0 Å². The summed E-state index contributed by atoms with van der Waals surface area (Å²) in [5.41, 5.74) is 1.86. The fourth-order valence-electron chi connectivity index (χ4n) is 2.31. The van der Waals surface area contributed by atoms with Crippen molar-refractivity contribution in [3.05, 3.63) is 59.7 Å². The number of anilines is 1. The van der Waals surface area contributed by atoms with Gasteiger partial charge in [0, 0.05) is 18.7 Å². The van der Waals surface area contributed by atoms with Crippen LogP contribution >= 0.6 is 0 Å². The second-order valence-corrected chi connectivity index (χ2v) is 8.81. The maximum absolute atomic E-state index is 12.8. The average Bonchev–Trinajstić information content (AvgIpc) is 2.61. The van der Waals surface area contributed by atoms with Gasteiger partial charge in [0.1, 0.15) is 0 Å². The van der Waals surface area contributed by atoms with Gasteiger partial charge in [0.25, 0.3) is 15.9 Å². The lowest BCUT2D eigenvalue weighted by Gasteiger charge is -2.21.